The molecule has 14 heteroatoms. The summed E-state index contributed by atoms with van der Waals surface area (Å²) in [5, 5.41) is 38.8. The van der Waals surface area contributed by atoms with Gasteiger partial charge in [0.25, 0.3) is 0 Å². The number of hydrogen-bond donors (Lipinski definition) is 4. The van der Waals surface area contributed by atoms with Crippen LogP contribution < -0.4 is 20.3 Å². The van der Waals surface area contributed by atoms with Gasteiger partial charge in [0.05, 0.1) is 11.1 Å². The molecule has 6 rings (SSSR count). The lowest BCUT2D eigenvalue weighted by atomic mass is 10.0. The van der Waals surface area contributed by atoms with Gasteiger partial charge in [-0.05, 0) is 76.9 Å². The number of phenols is 4. The summed E-state index contributed by atoms with van der Waals surface area (Å²) in [5.41, 5.74) is -0.756. The maximum absolute atomic E-state index is 13.0. The molecule has 0 saturated carbocycles. The standard InChI is InChI=1S/C25H26O9.C15H10O5/c1-24(2,3)33-22(28)31-15-9-7-14(8-10-15)17-13-30-19-12-16(11-18(26)20(19)21(17)27)32-23(29)34-25(4,5)6;16-9-3-1-8(2-4-9)11-7-20-13-6-10(17)5-12(18)14(13)15(11)19/h7-13,26H,1-6H3;1-7,16-18H. The van der Waals surface area contributed by atoms with Crippen molar-refractivity contribution in [1.82, 2.24) is 0 Å². The molecule has 4 aromatic carbocycles. The highest BCUT2D eigenvalue weighted by molar-refractivity contribution is 5.89. The van der Waals surface area contributed by atoms with Crippen molar-refractivity contribution >= 4 is 34.2 Å². The van der Waals surface area contributed by atoms with Crippen LogP contribution in [0.2, 0.25) is 0 Å². The predicted octanol–water partition coefficient (Wildman–Crippen LogP) is 8.37. The summed E-state index contributed by atoms with van der Waals surface area (Å²) < 4.78 is 31.2. The summed E-state index contributed by atoms with van der Waals surface area (Å²) in [5.74, 6) is -0.665. The first-order valence-electron chi connectivity index (χ1n) is 16.3. The van der Waals surface area contributed by atoms with Gasteiger partial charge in [-0.15, -0.1) is 0 Å². The van der Waals surface area contributed by atoms with Gasteiger partial charge in [0.15, 0.2) is 0 Å². The van der Waals surface area contributed by atoms with Crippen LogP contribution in [0.25, 0.3) is 44.2 Å². The normalized spacial score (nSPS) is 11.4. The lowest BCUT2D eigenvalue weighted by molar-refractivity contribution is 0.0193. The van der Waals surface area contributed by atoms with Crippen molar-refractivity contribution in [1.29, 1.82) is 0 Å². The van der Waals surface area contributed by atoms with Crippen molar-refractivity contribution in [2.75, 3.05) is 0 Å². The van der Waals surface area contributed by atoms with Crippen LogP contribution >= 0.6 is 0 Å². The van der Waals surface area contributed by atoms with E-state index in [0.717, 1.165) is 12.1 Å². The summed E-state index contributed by atoms with van der Waals surface area (Å²) in [6, 6.07) is 17.0. The molecule has 0 saturated heterocycles. The van der Waals surface area contributed by atoms with E-state index in [-0.39, 0.29) is 61.8 Å². The SMILES string of the molecule is CC(C)(C)OC(=O)Oc1ccc(-c2coc3cc(OC(=O)OC(C)(C)C)cc(O)c3c2=O)cc1.O=c1c(-c2ccc(O)cc2)coc2cc(O)cc(O)c12. The molecule has 2 aromatic heterocycles. The highest BCUT2D eigenvalue weighted by Gasteiger charge is 2.21. The lowest BCUT2D eigenvalue weighted by Gasteiger charge is -2.18. The molecule has 0 aliphatic rings. The molecule has 0 atom stereocenters. The largest absolute Gasteiger partial charge is 0.514 e. The Bertz CT molecular complexity index is 2460. The number of carbonyl (C=O) groups is 2. The van der Waals surface area contributed by atoms with E-state index in [0.29, 0.717) is 11.1 Å². The molecule has 0 bridgehead atoms. The van der Waals surface area contributed by atoms with Crippen molar-refractivity contribution < 1.29 is 57.8 Å². The van der Waals surface area contributed by atoms with E-state index in [2.05, 4.69) is 0 Å². The van der Waals surface area contributed by atoms with E-state index >= 15 is 0 Å². The highest BCUT2D eigenvalue weighted by atomic mass is 16.7. The Kier molecular flexibility index (Phi) is 10.6. The molecule has 0 aliphatic carbocycles. The van der Waals surface area contributed by atoms with Gasteiger partial charge >= 0.3 is 12.3 Å². The van der Waals surface area contributed by atoms with Gasteiger partial charge in [0, 0.05) is 24.3 Å². The smallest absolute Gasteiger partial charge is 0.508 e. The number of fused-ring (bicyclic) bond motifs is 2. The summed E-state index contributed by atoms with van der Waals surface area (Å²) in [7, 11) is 0. The Labute approximate surface area is 307 Å². The number of rotatable bonds is 4. The molecular weight excluding hydrogens is 704 g/mol. The first-order valence-corrected chi connectivity index (χ1v) is 16.3. The molecule has 0 spiro atoms. The summed E-state index contributed by atoms with van der Waals surface area (Å²) in [6.45, 7) is 10.2. The van der Waals surface area contributed by atoms with E-state index < -0.39 is 40.1 Å². The fourth-order valence-electron chi connectivity index (χ4n) is 4.96. The van der Waals surface area contributed by atoms with Crippen molar-refractivity contribution in [3.63, 3.8) is 0 Å². The molecule has 0 amide bonds. The number of ether oxygens (including phenoxy) is 4. The average molecular weight is 741 g/mol. The lowest BCUT2D eigenvalue weighted by Crippen LogP contribution is -2.26. The zero-order valence-electron chi connectivity index (χ0n) is 30.0. The van der Waals surface area contributed by atoms with Crippen LogP contribution in [0.1, 0.15) is 41.5 Å². The minimum Gasteiger partial charge on any atom is -0.508 e. The highest BCUT2D eigenvalue weighted by Crippen LogP contribution is 2.32. The molecule has 2 heterocycles. The van der Waals surface area contributed by atoms with Crippen LogP contribution in [0.3, 0.4) is 0 Å². The molecule has 0 unspecified atom stereocenters. The predicted molar refractivity (Wildman–Crippen MR) is 196 cm³/mol. The maximum Gasteiger partial charge on any atom is 0.514 e. The van der Waals surface area contributed by atoms with Crippen molar-refractivity contribution in [3.8, 4) is 56.8 Å². The summed E-state index contributed by atoms with van der Waals surface area (Å²) in [6.07, 6.45) is 0.680. The molecule has 4 N–H and O–H groups in total. The van der Waals surface area contributed by atoms with Gasteiger partial charge < -0.3 is 48.2 Å². The van der Waals surface area contributed by atoms with E-state index in [1.54, 1.807) is 65.8 Å². The molecule has 0 radical (unpaired) electrons. The second kappa shape index (κ2) is 14.9. The van der Waals surface area contributed by atoms with Gasteiger partial charge in [0.2, 0.25) is 10.9 Å². The Morgan fingerprint density at radius 2 is 0.963 bits per heavy atom. The monoisotopic (exact) mass is 740 g/mol. The minimum atomic E-state index is -0.959. The van der Waals surface area contributed by atoms with E-state index in [1.807, 2.05) is 0 Å². The van der Waals surface area contributed by atoms with Gasteiger partial charge in [-0.25, -0.2) is 9.59 Å². The molecule has 54 heavy (non-hydrogen) atoms. The first-order chi connectivity index (χ1) is 25.3. The second-order valence-electron chi connectivity index (χ2n) is 13.8. The summed E-state index contributed by atoms with van der Waals surface area (Å²) >= 11 is 0. The Morgan fingerprint density at radius 1 is 0.537 bits per heavy atom. The van der Waals surface area contributed by atoms with Gasteiger partial charge in [0.1, 0.15) is 80.2 Å². The second-order valence-corrected chi connectivity index (χ2v) is 13.8. The third kappa shape index (κ3) is 9.28. The molecule has 6 aromatic rings. The van der Waals surface area contributed by atoms with Crippen LogP contribution in [-0.4, -0.2) is 43.9 Å². The molecule has 0 aliphatic heterocycles. The van der Waals surface area contributed by atoms with Crippen LogP contribution in [0, 0.1) is 0 Å². The zero-order chi connectivity index (χ0) is 39.5. The Hall–Kier alpha value is -6.96. The Balaban J connectivity index is 0.000000237. The zero-order valence-corrected chi connectivity index (χ0v) is 30.0. The fraction of sp³-hybridized carbons (Fsp3) is 0.200. The summed E-state index contributed by atoms with van der Waals surface area (Å²) in [4.78, 5) is 49.1. The Morgan fingerprint density at radius 3 is 1.44 bits per heavy atom. The molecule has 0 fully saturated rings. The average Bonchev–Trinajstić information content (AvgIpc) is 3.04. The topological polar surface area (TPSA) is 212 Å². The fourth-order valence-corrected chi connectivity index (χ4v) is 4.96. The third-order valence-corrected chi connectivity index (χ3v) is 7.20. The number of hydrogen-bond acceptors (Lipinski definition) is 14. The number of aromatic hydroxyl groups is 4. The first kappa shape index (κ1) is 38.3. The van der Waals surface area contributed by atoms with Crippen LogP contribution in [0.5, 0.6) is 34.5 Å². The van der Waals surface area contributed by atoms with E-state index in [9.17, 15) is 39.6 Å². The number of benzene rings is 4. The van der Waals surface area contributed by atoms with Crippen LogP contribution in [-0.2, 0) is 9.47 Å². The number of phenolic OH excluding ortho intramolecular Hbond substituents is 4. The van der Waals surface area contributed by atoms with Gasteiger partial charge in [-0.2, -0.15) is 0 Å². The van der Waals surface area contributed by atoms with E-state index in [1.165, 1.54) is 48.9 Å². The van der Waals surface area contributed by atoms with Gasteiger partial charge in [-0.1, -0.05) is 24.3 Å². The molecule has 14 nitrogen and oxygen atoms in total. The van der Waals surface area contributed by atoms with Crippen molar-refractivity contribution in [3.05, 3.63) is 106 Å². The van der Waals surface area contributed by atoms with E-state index in [4.69, 9.17) is 27.8 Å². The van der Waals surface area contributed by atoms with Crippen molar-refractivity contribution in [2.45, 2.75) is 52.7 Å². The van der Waals surface area contributed by atoms with Crippen molar-refractivity contribution in [2.24, 2.45) is 0 Å². The quantitative estimate of drug-likeness (QED) is 0.0988. The minimum absolute atomic E-state index is 0.00775. The maximum atomic E-state index is 13.0. The van der Waals surface area contributed by atoms with Gasteiger partial charge in [-0.3, -0.25) is 9.59 Å². The van der Waals surface area contributed by atoms with Crippen LogP contribution in [0.15, 0.2) is 104 Å². The molecular formula is C40H36O14. The van der Waals surface area contributed by atoms with Crippen LogP contribution in [0.4, 0.5) is 9.59 Å². The number of carbonyl (C=O) groups excluding carboxylic acids is 2. The molecule has 280 valence electrons. The third-order valence-electron chi connectivity index (χ3n) is 7.20.